The van der Waals surface area contributed by atoms with Crippen molar-refractivity contribution in [3.8, 4) is 0 Å². The van der Waals surface area contributed by atoms with Gasteiger partial charge >= 0.3 is 12.4 Å². The van der Waals surface area contributed by atoms with Gasteiger partial charge < -0.3 is 4.98 Å². The van der Waals surface area contributed by atoms with Crippen LogP contribution in [0.1, 0.15) is 11.4 Å². The van der Waals surface area contributed by atoms with E-state index in [1.807, 2.05) is 0 Å². The van der Waals surface area contributed by atoms with E-state index in [0.29, 0.717) is 0 Å². The van der Waals surface area contributed by atoms with E-state index >= 15 is 0 Å². The van der Waals surface area contributed by atoms with Crippen LogP contribution in [0.3, 0.4) is 0 Å². The van der Waals surface area contributed by atoms with Crippen molar-refractivity contribution < 1.29 is 31.3 Å². The minimum atomic E-state index is -5.07. The Morgan fingerprint density at radius 2 is 1.76 bits per heavy atom. The van der Waals surface area contributed by atoms with Crippen LogP contribution in [0.25, 0.3) is 11.0 Å². The zero-order valence-corrected chi connectivity index (χ0v) is 10.2. The Kier molecular flexibility index (Phi) is 3.27. The van der Waals surface area contributed by atoms with Gasteiger partial charge in [-0.3, -0.25) is 10.1 Å². The molecule has 0 saturated heterocycles. The number of nitrogens with zero attached hydrogens (tertiary/aromatic N) is 2. The van der Waals surface area contributed by atoms with Gasteiger partial charge in [-0.15, -0.1) is 0 Å². The fourth-order valence-electron chi connectivity index (χ4n) is 1.60. The van der Waals surface area contributed by atoms with E-state index in [1.54, 1.807) is 0 Å². The lowest BCUT2D eigenvalue weighted by Crippen LogP contribution is -2.07. The fourth-order valence-corrected chi connectivity index (χ4v) is 1.90. The Labute approximate surface area is 115 Å². The Morgan fingerprint density at radius 1 is 1.19 bits per heavy atom. The number of H-pyrrole nitrogens is 1. The minimum Gasteiger partial charge on any atom is -0.333 e. The molecule has 0 radical (unpaired) electrons. The van der Waals surface area contributed by atoms with Gasteiger partial charge in [-0.1, -0.05) is 11.6 Å². The highest BCUT2D eigenvalue weighted by molar-refractivity contribution is 6.36. The second kappa shape index (κ2) is 4.48. The van der Waals surface area contributed by atoms with E-state index in [1.165, 1.54) is 4.98 Å². The summed E-state index contributed by atoms with van der Waals surface area (Å²) in [5, 5.41) is 9.60. The smallest absolute Gasteiger partial charge is 0.333 e. The molecule has 0 aliphatic carbocycles. The molecule has 0 bridgehead atoms. The quantitative estimate of drug-likeness (QED) is 0.484. The number of aromatic amines is 1. The number of hydrogen-bond donors (Lipinski definition) is 1. The molecule has 0 amide bonds. The highest BCUT2D eigenvalue weighted by atomic mass is 35.5. The van der Waals surface area contributed by atoms with Gasteiger partial charge in [0.25, 0.3) is 5.69 Å². The molecule has 1 aromatic carbocycles. The third-order valence-corrected chi connectivity index (χ3v) is 2.85. The second-order valence-corrected chi connectivity index (χ2v) is 4.20. The Bertz CT molecular complexity index is 736. The van der Waals surface area contributed by atoms with Crippen LogP contribution in [0.2, 0.25) is 5.02 Å². The van der Waals surface area contributed by atoms with Gasteiger partial charge in [0.2, 0.25) is 5.82 Å². The topological polar surface area (TPSA) is 71.8 Å². The number of fused-ring (bicyclic) bond motifs is 1. The van der Waals surface area contributed by atoms with E-state index in [2.05, 4.69) is 4.98 Å². The van der Waals surface area contributed by atoms with E-state index < -0.39 is 50.4 Å². The Hall–Kier alpha value is -2.04. The largest absolute Gasteiger partial charge is 0.449 e. The van der Waals surface area contributed by atoms with Crippen LogP contribution in [0.5, 0.6) is 0 Å². The predicted molar refractivity (Wildman–Crippen MR) is 57.8 cm³/mol. The van der Waals surface area contributed by atoms with E-state index in [9.17, 15) is 36.5 Å². The molecule has 0 aliphatic rings. The number of rotatable bonds is 1. The highest BCUT2D eigenvalue weighted by Gasteiger charge is 2.40. The molecule has 2 rings (SSSR count). The summed E-state index contributed by atoms with van der Waals surface area (Å²) in [5.74, 6) is -1.68. The monoisotopic (exact) mass is 333 g/mol. The van der Waals surface area contributed by atoms with Crippen molar-refractivity contribution >= 4 is 28.3 Å². The lowest BCUT2D eigenvalue weighted by atomic mass is 10.1. The molecule has 1 N–H and O–H groups in total. The molecule has 12 heteroatoms. The van der Waals surface area contributed by atoms with Crippen molar-refractivity contribution in [2.75, 3.05) is 0 Å². The SMILES string of the molecule is O=[N+]([O-])c1cc(C(F)(F)F)c(Cl)c2[nH]c(C(F)(F)F)nc12. The third kappa shape index (κ3) is 2.60. The van der Waals surface area contributed by atoms with Crippen LogP contribution >= 0.6 is 11.6 Å². The van der Waals surface area contributed by atoms with Crippen molar-refractivity contribution in [2.45, 2.75) is 12.4 Å². The first-order valence-electron chi connectivity index (χ1n) is 4.94. The highest BCUT2D eigenvalue weighted by Crippen LogP contribution is 2.42. The molecule has 1 heterocycles. The van der Waals surface area contributed by atoms with E-state index in [0.717, 1.165) is 0 Å². The fraction of sp³-hybridized carbons (Fsp3) is 0.222. The number of nitro groups is 1. The molecule has 5 nitrogen and oxygen atoms in total. The van der Waals surface area contributed by atoms with Crippen LogP contribution in [0, 0.1) is 10.1 Å². The molecular weight excluding hydrogens is 332 g/mol. The lowest BCUT2D eigenvalue weighted by molar-refractivity contribution is -0.383. The van der Waals surface area contributed by atoms with Crippen molar-refractivity contribution in [1.29, 1.82) is 0 Å². The first-order chi connectivity index (χ1) is 9.43. The average Bonchev–Trinajstić information content (AvgIpc) is 2.72. The first-order valence-corrected chi connectivity index (χ1v) is 5.31. The first kappa shape index (κ1) is 15.4. The molecule has 0 aliphatic heterocycles. The summed E-state index contributed by atoms with van der Waals surface area (Å²) in [7, 11) is 0. The summed E-state index contributed by atoms with van der Waals surface area (Å²) in [4.78, 5) is 13.9. The average molecular weight is 334 g/mol. The van der Waals surface area contributed by atoms with Crippen LogP contribution in [0.4, 0.5) is 32.0 Å². The van der Waals surface area contributed by atoms with Crippen LogP contribution in [-0.2, 0) is 12.4 Å². The standard InChI is InChI=1S/C9H2ClF6N3O2/c10-4-2(8(11,12)13)1-3(19(20)21)5-6(4)18-7(17-5)9(14,15)16/h1H,(H,17,18). The second-order valence-electron chi connectivity index (χ2n) is 3.82. The zero-order valence-electron chi connectivity index (χ0n) is 9.43. The Balaban J connectivity index is 2.90. The van der Waals surface area contributed by atoms with E-state index in [4.69, 9.17) is 11.6 Å². The molecule has 0 unspecified atom stereocenters. The van der Waals surface area contributed by atoms with Crippen molar-refractivity contribution in [2.24, 2.45) is 0 Å². The number of hydrogen-bond acceptors (Lipinski definition) is 3. The summed E-state index contributed by atoms with van der Waals surface area (Å²) >= 11 is 5.39. The molecule has 114 valence electrons. The number of imidazole rings is 1. The maximum atomic E-state index is 12.7. The molecular formula is C9H2ClF6N3O2. The number of nitro benzene ring substituents is 1. The number of alkyl halides is 6. The molecule has 0 atom stereocenters. The molecule has 2 aromatic rings. The summed E-state index contributed by atoms with van der Waals surface area (Å²) in [6.07, 6.45) is -10.1. The number of halogens is 7. The number of nitrogens with one attached hydrogen (secondary N) is 1. The minimum absolute atomic E-state index is 0.0473. The van der Waals surface area contributed by atoms with Crippen molar-refractivity contribution in [3.63, 3.8) is 0 Å². The summed E-state index contributed by atoms with van der Waals surface area (Å²) in [6, 6.07) is 0.0473. The molecule has 21 heavy (non-hydrogen) atoms. The zero-order chi connectivity index (χ0) is 16.2. The summed E-state index contributed by atoms with van der Waals surface area (Å²) in [6.45, 7) is 0. The lowest BCUT2D eigenvalue weighted by Gasteiger charge is -2.09. The van der Waals surface area contributed by atoms with Gasteiger partial charge in [0, 0.05) is 6.07 Å². The van der Waals surface area contributed by atoms with Crippen LogP contribution < -0.4 is 0 Å². The summed E-state index contributed by atoms with van der Waals surface area (Å²) < 4.78 is 75.6. The van der Waals surface area contributed by atoms with Crippen molar-refractivity contribution in [1.82, 2.24) is 9.97 Å². The molecule has 0 fully saturated rings. The van der Waals surface area contributed by atoms with Crippen LogP contribution in [0.15, 0.2) is 6.07 Å². The van der Waals surface area contributed by atoms with Gasteiger partial charge in [-0.2, -0.15) is 26.3 Å². The Morgan fingerprint density at radius 3 is 2.19 bits per heavy atom. The number of non-ortho nitro benzene ring substituents is 1. The van der Waals surface area contributed by atoms with Gasteiger partial charge in [0.15, 0.2) is 5.52 Å². The predicted octanol–water partition coefficient (Wildman–Crippen LogP) is 4.16. The van der Waals surface area contributed by atoms with E-state index in [-0.39, 0.29) is 6.07 Å². The molecule has 0 spiro atoms. The normalized spacial score (nSPS) is 12.9. The van der Waals surface area contributed by atoms with Gasteiger partial charge in [0.1, 0.15) is 0 Å². The van der Waals surface area contributed by atoms with Gasteiger partial charge in [-0.05, 0) is 0 Å². The number of aromatic nitrogens is 2. The van der Waals surface area contributed by atoms with Crippen LogP contribution in [-0.4, -0.2) is 14.9 Å². The number of benzene rings is 1. The molecule has 0 saturated carbocycles. The van der Waals surface area contributed by atoms with Crippen molar-refractivity contribution in [3.05, 3.63) is 32.6 Å². The maximum absolute atomic E-state index is 12.7. The molecule has 1 aromatic heterocycles. The third-order valence-electron chi connectivity index (χ3n) is 2.45. The van der Waals surface area contributed by atoms with Gasteiger partial charge in [-0.25, -0.2) is 4.98 Å². The summed E-state index contributed by atoms with van der Waals surface area (Å²) in [5.41, 5.74) is -4.65. The maximum Gasteiger partial charge on any atom is 0.449 e. The van der Waals surface area contributed by atoms with Gasteiger partial charge in [0.05, 0.1) is 21.0 Å².